The van der Waals surface area contributed by atoms with E-state index < -0.39 is 0 Å². The summed E-state index contributed by atoms with van der Waals surface area (Å²) in [5.41, 5.74) is 3.82. The number of nitrogens with one attached hydrogen (secondary N) is 2. The highest BCUT2D eigenvalue weighted by molar-refractivity contribution is 5.79. The quantitative estimate of drug-likeness (QED) is 0.811. The molecule has 1 aliphatic rings. The third-order valence-corrected chi connectivity index (χ3v) is 5.46. The van der Waals surface area contributed by atoms with Gasteiger partial charge < -0.3 is 10.2 Å². The van der Waals surface area contributed by atoms with Crippen LogP contribution in [0.5, 0.6) is 0 Å². The van der Waals surface area contributed by atoms with E-state index in [-0.39, 0.29) is 17.9 Å². The average molecular weight is 364 g/mol. The molecule has 1 saturated heterocycles. The smallest absolute Gasteiger partial charge is 0.224 e. The number of amides is 1. The molecular weight excluding hydrogens is 332 g/mol. The van der Waals surface area contributed by atoms with Crippen molar-refractivity contribution >= 4 is 12.0 Å². The van der Waals surface area contributed by atoms with Crippen molar-refractivity contribution < 1.29 is 9.69 Å². The van der Waals surface area contributed by atoms with Crippen LogP contribution < -0.4 is 10.2 Å². The van der Waals surface area contributed by atoms with Crippen LogP contribution >= 0.6 is 0 Å². The Morgan fingerprint density at radius 3 is 2.30 bits per heavy atom. The summed E-state index contributed by atoms with van der Waals surface area (Å²) >= 11 is 0. The number of carbonyl (C=O) groups is 1. The second-order valence-corrected chi connectivity index (χ2v) is 7.74. The minimum atomic E-state index is 0.0696. The van der Waals surface area contributed by atoms with Gasteiger partial charge in [0.2, 0.25) is 5.91 Å². The van der Waals surface area contributed by atoms with Gasteiger partial charge in [-0.25, -0.2) is 0 Å². The lowest BCUT2D eigenvalue weighted by Gasteiger charge is -2.29. The fourth-order valence-corrected chi connectivity index (χ4v) is 3.90. The average Bonchev–Trinajstić information content (AvgIpc) is 2.70. The predicted molar refractivity (Wildman–Crippen MR) is 111 cm³/mol. The van der Waals surface area contributed by atoms with Crippen LogP contribution in [0, 0.1) is 5.92 Å². The predicted octanol–water partition coefficient (Wildman–Crippen LogP) is 3.26. The van der Waals surface area contributed by atoms with E-state index in [1.165, 1.54) is 11.1 Å². The number of benzene rings is 2. The fourth-order valence-electron chi connectivity index (χ4n) is 3.90. The second-order valence-electron chi connectivity index (χ2n) is 7.74. The Morgan fingerprint density at radius 2 is 1.67 bits per heavy atom. The molecular formula is C24H31N2O+. The number of hydrogen-bond donors (Lipinski definition) is 2. The molecule has 1 amide bonds. The summed E-state index contributed by atoms with van der Waals surface area (Å²) < 4.78 is 0. The monoisotopic (exact) mass is 363 g/mol. The maximum atomic E-state index is 12.6. The highest BCUT2D eigenvalue weighted by atomic mass is 16.1. The van der Waals surface area contributed by atoms with E-state index in [9.17, 15) is 4.79 Å². The van der Waals surface area contributed by atoms with Gasteiger partial charge in [0.05, 0.1) is 25.7 Å². The van der Waals surface area contributed by atoms with Crippen LogP contribution in [0.1, 0.15) is 43.9 Å². The van der Waals surface area contributed by atoms with E-state index >= 15 is 0 Å². The van der Waals surface area contributed by atoms with Gasteiger partial charge in [0, 0.05) is 18.8 Å². The Hall–Kier alpha value is -2.39. The van der Waals surface area contributed by atoms with Crippen LogP contribution in [-0.2, 0) is 4.79 Å². The Kier molecular flexibility index (Phi) is 6.83. The summed E-state index contributed by atoms with van der Waals surface area (Å²) in [5.74, 6) is 0.361. The third kappa shape index (κ3) is 5.80. The molecule has 1 atom stereocenters. The molecule has 1 heterocycles. The van der Waals surface area contributed by atoms with Crippen molar-refractivity contribution in [3.8, 4) is 0 Å². The standard InChI is InChI=1S/C24H30N2O/c1-19(17-21-9-5-3-6-10-21)18-26-15-13-23(14-16-26)24(27)25-20(2)22-11-7-4-8-12-22/h3-12,17,20,23H,13-16,18H2,1-2H3,(H,25,27)/p+1/b19-17+/t20-/m0/s1. The van der Waals surface area contributed by atoms with E-state index in [0.29, 0.717) is 0 Å². The van der Waals surface area contributed by atoms with Crippen LogP contribution in [0.3, 0.4) is 0 Å². The van der Waals surface area contributed by atoms with Gasteiger partial charge in [-0.05, 0) is 30.5 Å². The maximum absolute atomic E-state index is 12.6. The van der Waals surface area contributed by atoms with Crippen LogP contribution in [0.15, 0.2) is 66.2 Å². The SMILES string of the molecule is C/C(=C\c1ccccc1)C[NH+]1CCC(C(=O)N[C@@H](C)c2ccccc2)CC1. The number of rotatable bonds is 6. The van der Waals surface area contributed by atoms with Gasteiger partial charge in [-0.3, -0.25) is 4.79 Å². The molecule has 0 bridgehead atoms. The largest absolute Gasteiger partial charge is 0.349 e. The molecule has 0 saturated carbocycles. The summed E-state index contributed by atoms with van der Waals surface area (Å²) in [4.78, 5) is 14.2. The van der Waals surface area contributed by atoms with Crippen LogP contribution in [0.2, 0.25) is 0 Å². The lowest BCUT2D eigenvalue weighted by molar-refractivity contribution is -0.900. The van der Waals surface area contributed by atoms with E-state index in [0.717, 1.165) is 38.0 Å². The van der Waals surface area contributed by atoms with E-state index in [1.54, 1.807) is 4.90 Å². The number of carbonyl (C=O) groups excluding carboxylic acids is 1. The number of piperidine rings is 1. The molecule has 3 heteroatoms. The van der Waals surface area contributed by atoms with Crippen molar-refractivity contribution in [3.05, 3.63) is 77.4 Å². The first kappa shape index (κ1) is 19.4. The Morgan fingerprint density at radius 1 is 1.07 bits per heavy atom. The summed E-state index contributed by atoms with van der Waals surface area (Å²) in [5, 5.41) is 3.19. The van der Waals surface area contributed by atoms with Crippen molar-refractivity contribution in [2.75, 3.05) is 19.6 Å². The molecule has 1 aliphatic heterocycles. The molecule has 0 radical (unpaired) electrons. The fraction of sp³-hybridized carbons (Fsp3) is 0.375. The lowest BCUT2D eigenvalue weighted by atomic mass is 9.94. The summed E-state index contributed by atoms with van der Waals surface area (Å²) in [6, 6.07) is 20.7. The second kappa shape index (κ2) is 9.52. The minimum absolute atomic E-state index is 0.0696. The summed E-state index contributed by atoms with van der Waals surface area (Å²) in [6.45, 7) is 7.46. The van der Waals surface area contributed by atoms with Crippen molar-refractivity contribution in [2.45, 2.75) is 32.7 Å². The molecule has 0 spiro atoms. The first-order valence-corrected chi connectivity index (χ1v) is 10.0. The van der Waals surface area contributed by atoms with E-state index in [4.69, 9.17) is 0 Å². The highest BCUT2D eigenvalue weighted by Gasteiger charge is 2.28. The van der Waals surface area contributed by atoms with Crippen LogP contribution in [0.4, 0.5) is 0 Å². The molecule has 27 heavy (non-hydrogen) atoms. The first-order valence-electron chi connectivity index (χ1n) is 10.0. The zero-order valence-electron chi connectivity index (χ0n) is 16.4. The van der Waals surface area contributed by atoms with E-state index in [1.807, 2.05) is 24.3 Å². The zero-order chi connectivity index (χ0) is 19.1. The highest BCUT2D eigenvalue weighted by Crippen LogP contribution is 2.15. The lowest BCUT2D eigenvalue weighted by Crippen LogP contribution is -3.13. The van der Waals surface area contributed by atoms with Gasteiger partial charge in [0.1, 0.15) is 0 Å². The van der Waals surface area contributed by atoms with Crippen molar-refractivity contribution in [1.82, 2.24) is 5.32 Å². The van der Waals surface area contributed by atoms with Crippen molar-refractivity contribution in [3.63, 3.8) is 0 Å². The first-order chi connectivity index (χ1) is 13.1. The minimum Gasteiger partial charge on any atom is -0.349 e. The molecule has 0 unspecified atom stereocenters. The molecule has 142 valence electrons. The molecule has 0 aliphatic carbocycles. The number of quaternary nitrogens is 1. The maximum Gasteiger partial charge on any atom is 0.224 e. The molecule has 2 N–H and O–H groups in total. The van der Waals surface area contributed by atoms with Crippen LogP contribution in [-0.4, -0.2) is 25.5 Å². The van der Waals surface area contributed by atoms with Gasteiger partial charge in [-0.1, -0.05) is 66.7 Å². The van der Waals surface area contributed by atoms with Crippen molar-refractivity contribution in [1.29, 1.82) is 0 Å². The van der Waals surface area contributed by atoms with Gasteiger partial charge >= 0.3 is 0 Å². The summed E-state index contributed by atoms with van der Waals surface area (Å²) in [7, 11) is 0. The van der Waals surface area contributed by atoms with Gasteiger partial charge in [0.25, 0.3) is 0 Å². The Labute approximate surface area is 163 Å². The normalized spacial score (nSPS) is 21.5. The Balaban J connectivity index is 1.45. The van der Waals surface area contributed by atoms with Crippen molar-refractivity contribution in [2.24, 2.45) is 5.92 Å². The van der Waals surface area contributed by atoms with Gasteiger partial charge in [-0.15, -0.1) is 0 Å². The third-order valence-electron chi connectivity index (χ3n) is 5.46. The van der Waals surface area contributed by atoms with Crippen LogP contribution in [0.25, 0.3) is 6.08 Å². The summed E-state index contributed by atoms with van der Waals surface area (Å²) in [6.07, 6.45) is 4.22. The molecule has 2 aromatic carbocycles. The topological polar surface area (TPSA) is 33.5 Å². The van der Waals surface area contributed by atoms with Gasteiger partial charge in [0.15, 0.2) is 0 Å². The zero-order valence-corrected chi connectivity index (χ0v) is 16.4. The molecule has 3 nitrogen and oxygen atoms in total. The molecule has 0 aromatic heterocycles. The van der Waals surface area contributed by atoms with E-state index in [2.05, 4.69) is 61.6 Å². The molecule has 1 fully saturated rings. The molecule has 3 rings (SSSR count). The van der Waals surface area contributed by atoms with Gasteiger partial charge in [-0.2, -0.15) is 0 Å². The number of hydrogen-bond acceptors (Lipinski definition) is 1. The molecule has 2 aromatic rings. The number of likely N-dealkylation sites (tertiary alicyclic amines) is 1. The Bertz CT molecular complexity index is 746.